The van der Waals surface area contributed by atoms with Crippen molar-refractivity contribution in [2.24, 2.45) is 34.8 Å². The average Bonchev–Trinajstić information content (AvgIpc) is 0.907. The molecule has 4 amide bonds. The predicted octanol–water partition coefficient (Wildman–Crippen LogP) is 5.44. The number of carbonyl (C=O) groups is 10. The van der Waals surface area contributed by atoms with Gasteiger partial charge >= 0.3 is 54.2 Å². The Bertz CT molecular complexity index is 3500. The van der Waals surface area contributed by atoms with E-state index in [1.807, 2.05) is 0 Å². The fourth-order valence-corrected chi connectivity index (χ4v) is 9.45. The lowest BCUT2D eigenvalue weighted by molar-refractivity contribution is -0.385. The van der Waals surface area contributed by atoms with E-state index in [1.165, 1.54) is 118 Å². The topological polar surface area (TPSA) is 672 Å². The number of ether oxygens (including phenoxy) is 6. The summed E-state index contributed by atoms with van der Waals surface area (Å²) < 4.78 is 29.2. The molecule has 4 rings (SSSR count). The number of carbonyl (C=O) groups excluding carboxylic acids is 7. The lowest BCUT2D eigenvalue weighted by atomic mass is 10.0. The Kier molecular flexibility index (Phi) is 54.6. The highest BCUT2D eigenvalue weighted by molar-refractivity contribution is 8.14. The minimum atomic E-state index is -1.15. The van der Waals surface area contributed by atoms with Crippen molar-refractivity contribution in [3.63, 3.8) is 0 Å². The number of nitrogens with two attached hydrogens (primary N) is 4. The molecule has 0 aliphatic heterocycles. The number of alkyl carbamates (subject to hydrolysis) is 4. The zero-order chi connectivity index (χ0) is 85.0. The molecule has 4 aromatic rings. The molecule has 0 saturated heterocycles. The van der Waals surface area contributed by atoms with Crippen molar-refractivity contribution in [1.82, 2.24) is 21.3 Å². The lowest BCUT2D eigenvalue weighted by Crippen LogP contribution is -2.35. The molecular formula is C68H99ClN12O30S2. The molecule has 0 aliphatic carbocycles. The number of nitrogens with zero attached hydrogens (tertiary/aromatic N) is 4. The predicted molar refractivity (Wildman–Crippen MR) is 410 cm³/mol. The highest BCUT2D eigenvalue weighted by Gasteiger charge is 2.22. The fourth-order valence-electron chi connectivity index (χ4n) is 8.32. The summed E-state index contributed by atoms with van der Waals surface area (Å²) >= 11 is 5.33. The lowest BCUT2D eigenvalue weighted by Gasteiger charge is -2.17. The molecule has 18 N–H and O–H groups in total. The van der Waals surface area contributed by atoms with Crippen LogP contribution in [0.5, 0.6) is 0 Å². The molecule has 10 unspecified atom stereocenters. The number of nitrogens with one attached hydrogen (secondary N) is 4. The first-order chi connectivity index (χ1) is 52.7. The third-order valence-electron chi connectivity index (χ3n) is 15.0. The molecule has 630 valence electrons. The first kappa shape index (κ1) is 104. The molecule has 0 saturated carbocycles. The van der Waals surface area contributed by atoms with Crippen LogP contribution >= 0.6 is 36.8 Å². The van der Waals surface area contributed by atoms with Crippen LogP contribution in [0.2, 0.25) is 0 Å². The summed E-state index contributed by atoms with van der Waals surface area (Å²) in [6, 6.07) is 19.6. The standard InChI is InChI=1S/C18H24N2O7S.C16H22N2O7.C14H19N3O7.C14H19N3O6S.C6H14N2O3.ClH/c1-12(17(22)26-3)4-9-16(28-13(2)21)10-19-18(23)27-11-14-5-7-15(8-6-14)20(24)25;1-11(15(20)24-2)3-8-14(19)9-17-16(21)25-10-12-4-6-13(7-5-12)18(22)23;15-12(13(19)20)6-5-11(18)7-16-14(21)24-8-9-1-3-10(4-2-9)17(22)23;15-12(13(18)19)6-5-11(24)7-16-14(20)23-8-9-1-3-10(4-2-9)17(21)22;7-3-4(9)1-2-5(8)6(10)11;/h5-8,12,16H,4,9-11H2,1-3H3,(H,19,23);4-7,11,14,19H,3,8-10H2,1-2H3,(H,17,21);1-4,11-12,18H,5-8,15H2,(H,16,21)(H,19,20);1-4,11-12,24H,5-8,15H2,(H,16,20)(H,18,19);4-5,9H,1-3,7-8H2,(H,10,11);1H. The van der Waals surface area contributed by atoms with Crippen LogP contribution in [0.15, 0.2) is 97.1 Å². The van der Waals surface area contributed by atoms with Crippen LogP contribution < -0.4 is 44.2 Å². The largest absolute Gasteiger partial charge is 0.480 e. The number of amides is 4. The Balaban J connectivity index is 0. The van der Waals surface area contributed by atoms with E-state index in [0.29, 0.717) is 60.8 Å². The first-order valence-electron chi connectivity index (χ1n) is 34.0. The SMILES string of the molecule is COC(=O)C(C)CCC(CNC(=O)OCc1ccc([N+](=O)[O-])cc1)SC(C)=O.COC(=O)C(C)CCC(O)CNC(=O)OCc1ccc([N+](=O)[O-])cc1.Cl.NC(CCC(O)CNC(=O)OCc1ccc([N+](=O)[O-])cc1)C(=O)O.NC(CCC(S)CNC(=O)OCc1ccc([N+](=O)[O-])cc1)C(=O)O.NCC(O)CCC(N)C(=O)O. The molecule has 42 nitrogen and oxygen atoms in total. The first-order valence-corrected chi connectivity index (χ1v) is 35.4. The summed E-state index contributed by atoms with van der Waals surface area (Å²) in [4.78, 5) is 152. The quantitative estimate of drug-likeness (QED) is 0.00863. The summed E-state index contributed by atoms with van der Waals surface area (Å²) in [5.41, 5.74) is 23.2. The molecule has 4 aromatic carbocycles. The number of carboxylic acid groups (broad SMARTS) is 3. The van der Waals surface area contributed by atoms with Gasteiger partial charge in [0.2, 0.25) is 0 Å². The molecule has 0 aromatic heterocycles. The van der Waals surface area contributed by atoms with E-state index in [1.54, 1.807) is 13.8 Å². The number of aliphatic hydroxyl groups is 3. The molecule has 0 heterocycles. The van der Waals surface area contributed by atoms with E-state index in [4.69, 9.17) is 62.3 Å². The number of aliphatic carboxylic acids is 3. The number of non-ortho nitro benzene ring substituents is 4. The maximum atomic E-state index is 11.9. The van der Waals surface area contributed by atoms with E-state index >= 15 is 0 Å². The van der Waals surface area contributed by atoms with Crippen molar-refractivity contribution < 1.29 is 127 Å². The highest BCUT2D eigenvalue weighted by atomic mass is 35.5. The number of hydrogen-bond acceptors (Lipinski definition) is 33. The van der Waals surface area contributed by atoms with Crippen LogP contribution in [0.25, 0.3) is 0 Å². The monoisotopic (exact) mass is 1660 g/mol. The Morgan fingerprint density at radius 2 is 0.681 bits per heavy atom. The van der Waals surface area contributed by atoms with Gasteiger partial charge in [-0.2, -0.15) is 12.6 Å². The molecule has 113 heavy (non-hydrogen) atoms. The number of methoxy groups -OCH3 is 2. The van der Waals surface area contributed by atoms with E-state index in [0.717, 1.165) is 11.8 Å². The molecular weight excluding hydrogens is 1560 g/mol. The third kappa shape index (κ3) is 50.7. The van der Waals surface area contributed by atoms with Gasteiger partial charge < -0.3 is 103 Å². The Hall–Kier alpha value is -10.7. The molecule has 10 atom stereocenters. The summed E-state index contributed by atoms with van der Waals surface area (Å²) in [5.74, 6) is -4.56. The smallest absolute Gasteiger partial charge is 0.407 e. The van der Waals surface area contributed by atoms with Crippen LogP contribution in [0.4, 0.5) is 41.9 Å². The number of nitro benzene ring substituents is 4. The van der Waals surface area contributed by atoms with Gasteiger partial charge in [0, 0.05) is 98.7 Å². The van der Waals surface area contributed by atoms with Gasteiger partial charge in [0.05, 0.1) is 64.1 Å². The molecule has 0 fully saturated rings. The van der Waals surface area contributed by atoms with Gasteiger partial charge in [-0.05, 0) is 135 Å². The number of thioether (sulfide) groups is 1. The third-order valence-corrected chi connectivity index (χ3v) is 16.5. The van der Waals surface area contributed by atoms with Crippen LogP contribution in [-0.4, -0.2) is 204 Å². The summed E-state index contributed by atoms with van der Waals surface area (Å²) in [6.07, 6.45) is -1.86. The van der Waals surface area contributed by atoms with Crippen LogP contribution in [0, 0.1) is 52.3 Å². The van der Waals surface area contributed by atoms with Crippen molar-refractivity contribution in [2.75, 3.05) is 46.9 Å². The summed E-state index contributed by atoms with van der Waals surface area (Å²) in [5, 5.41) is 105. The summed E-state index contributed by atoms with van der Waals surface area (Å²) in [6.45, 7) is 5.14. The van der Waals surface area contributed by atoms with E-state index in [-0.39, 0.29) is 159 Å². The highest BCUT2D eigenvalue weighted by Crippen LogP contribution is 2.22. The van der Waals surface area contributed by atoms with Crippen molar-refractivity contribution in [2.45, 2.75) is 158 Å². The minimum absolute atomic E-state index is 0. The van der Waals surface area contributed by atoms with Gasteiger partial charge in [-0.15, -0.1) is 12.4 Å². The Morgan fingerprint density at radius 1 is 0.425 bits per heavy atom. The zero-order valence-corrected chi connectivity index (χ0v) is 64.8. The molecule has 0 spiro atoms. The number of rotatable bonds is 42. The van der Waals surface area contributed by atoms with Gasteiger partial charge in [-0.25, -0.2) is 19.2 Å². The number of carboxylic acids is 3. The van der Waals surface area contributed by atoms with Gasteiger partial charge in [0.1, 0.15) is 44.6 Å². The van der Waals surface area contributed by atoms with Crippen LogP contribution in [0.1, 0.15) is 107 Å². The van der Waals surface area contributed by atoms with Crippen LogP contribution in [-0.2, 0) is 83.6 Å². The second-order valence-corrected chi connectivity index (χ2v) is 26.4. The number of esters is 2. The number of benzene rings is 4. The normalized spacial score (nSPS) is 13.0. The van der Waals surface area contributed by atoms with Gasteiger partial charge in [0.25, 0.3) is 22.7 Å². The second-order valence-electron chi connectivity index (χ2n) is 24.2. The van der Waals surface area contributed by atoms with Gasteiger partial charge in [0.15, 0.2) is 5.12 Å². The number of aliphatic hydroxyl groups excluding tert-OH is 3. The zero-order valence-electron chi connectivity index (χ0n) is 62.3. The molecule has 0 aliphatic rings. The van der Waals surface area contributed by atoms with E-state index in [9.17, 15) is 98.6 Å². The van der Waals surface area contributed by atoms with Crippen molar-refractivity contribution in [3.8, 4) is 0 Å². The maximum absolute atomic E-state index is 11.9. The number of nitro groups is 4. The fraction of sp³-hybridized carbons (Fsp3) is 0.500. The average molecular weight is 1660 g/mol. The van der Waals surface area contributed by atoms with Crippen LogP contribution in [0.3, 0.4) is 0 Å². The number of halogens is 1. The van der Waals surface area contributed by atoms with Crippen molar-refractivity contribution in [1.29, 1.82) is 0 Å². The van der Waals surface area contributed by atoms with E-state index < -0.39 is 98.4 Å². The molecule has 0 radical (unpaired) electrons. The second kappa shape index (κ2) is 59.1. The number of hydrogen-bond donors (Lipinski definition) is 15. The number of thiol groups is 1. The Labute approximate surface area is 663 Å². The Morgan fingerprint density at radius 3 is 0.947 bits per heavy atom. The summed E-state index contributed by atoms with van der Waals surface area (Å²) in [7, 11) is 2.63. The van der Waals surface area contributed by atoms with Crippen molar-refractivity contribution >= 4 is 119 Å². The molecule has 45 heteroatoms. The van der Waals surface area contributed by atoms with E-state index in [2.05, 4.69) is 43.4 Å². The minimum Gasteiger partial charge on any atom is -0.480 e. The van der Waals surface area contributed by atoms with Crippen molar-refractivity contribution in [3.05, 3.63) is 160 Å². The molecule has 0 bridgehead atoms. The maximum Gasteiger partial charge on any atom is 0.407 e. The van der Waals surface area contributed by atoms with Gasteiger partial charge in [-0.3, -0.25) is 69.2 Å². The van der Waals surface area contributed by atoms with Gasteiger partial charge in [-0.1, -0.05) is 25.6 Å².